The second kappa shape index (κ2) is 11.7. The van der Waals surface area contributed by atoms with Gasteiger partial charge in [0.25, 0.3) is 0 Å². The Kier molecular flexibility index (Phi) is 9.24. The molecule has 5 N–H and O–H groups in total. The Balaban J connectivity index is 1.71. The van der Waals surface area contributed by atoms with Crippen molar-refractivity contribution in [2.45, 2.75) is 47.9 Å². The van der Waals surface area contributed by atoms with Crippen LogP contribution in [0.2, 0.25) is 5.02 Å². The fraction of sp³-hybridized carbons (Fsp3) is 0.280. The van der Waals surface area contributed by atoms with E-state index in [1.807, 2.05) is 67.6 Å². The lowest BCUT2D eigenvalue weighted by Gasteiger charge is -2.29. The molecule has 1 atom stereocenters. The van der Waals surface area contributed by atoms with Gasteiger partial charge in [-0.1, -0.05) is 79.2 Å². The van der Waals surface area contributed by atoms with E-state index in [0.717, 1.165) is 32.9 Å². The van der Waals surface area contributed by atoms with Crippen molar-refractivity contribution >= 4 is 31.2 Å². The molecule has 0 saturated carbocycles. The Hall–Kier alpha value is -1.83. The van der Waals surface area contributed by atoms with E-state index in [1.165, 1.54) is 11.8 Å². The van der Waals surface area contributed by atoms with Crippen LogP contribution in [0.15, 0.2) is 76.5 Å². The van der Waals surface area contributed by atoms with Crippen molar-refractivity contribution in [2.75, 3.05) is 6.61 Å². The van der Waals surface area contributed by atoms with E-state index in [1.54, 1.807) is 6.07 Å². The van der Waals surface area contributed by atoms with Gasteiger partial charge in [0.2, 0.25) is 0 Å². The third kappa shape index (κ3) is 7.85. The SMILES string of the molecule is CCCC(N)(CCc1ccc(Sc2cc(-c3ccccc3)ccc2O)cc1Cl)COP(=O)(O)O. The molecule has 1 unspecified atom stereocenters. The van der Waals surface area contributed by atoms with Crippen LogP contribution in [0.1, 0.15) is 31.7 Å². The number of halogens is 1. The maximum Gasteiger partial charge on any atom is 0.469 e. The van der Waals surface area contributed by atoms with Crippen molar-refractivity contribution in [1.82, 2.24) is 0 Å². The highest BCUT2D eigenvalue weighted by atomic mass is 35.5. The molecule has 9 heteroatoms. The molecule has 0 aliphatic rings. The maximum atomic E-state index is 11.1. The molecule has 0 fully saturated rings. The molecule has 0 amide bonds. The molecule has 34 heavy (non-hydrogen) atoms. The van der Waals surface area contributed by atoms with E-state index in [9.17, 15) is 9.67 Å². The van der Waals surface area contributed by atoms with Gasteiger partial charge in [0.15, 0.2) is 0 Å². The monoisotopic (exact) mass is 521 g/mol. The Bertz CT molecular complexity index is 1160. The number of phosphoric ester groups is 1. The Labute approximate surface area is 209 Å². The van der Waals surface area contributed by atoms with Crippen molar-refractivity contribution in [1.29, 1.82) is 0 Å². The van der Waals surface area contributed by atoms with E-state index in [2.05, 4.69) is 4.52 Å². The highest BCUT2D eigenvalue weighted by molar-refractivity contribution is 7.99. The minimum absolute atomic E-state index is 0.197. The topological polar surface area (TPSA) is 113 Å². The number of phenols is 1. The fourth-order valence-corrected chi connectivity index (χ4v) is 5.38. The first-order valence-electron chi connectivity index (χ1n) is 10.9. The average molecular weight is 522 g/mol. The third-order valence-corrected chi connectivity index (χ3v) is 7.33. The van der Waals surface area contributed by atoms with Crippen LogP contribution < -0.4 is 5.73 Å². The van der Waals surface area contributed by atoms with Crippen LogP contribution in [0.5, 0.6) is 5.75 Å². The summed E-state index contributed by atoms with van der Waals surface area (Å²) in [6, 6.07) is 21.2. The fourth-order valence-electron chi connectivity index (χ4n) is 3.69. The van der Waals surface area contributed by atoms with E-state index in [4.69, 9.17) is 27.1 Å². The van der Waals surface area contributed by atoms with Gasteiger partial charge in [-0.2, -0.15) is 0 Å². The number of nitrogens with two attached hydrogens (primary N) is 1. The molecule has 182 valence electrons. The van der Waals surface area contributed by atoms with Gasteiger partial charge in [0.1, 0.15) is 5.75 Å². The highest BCUT2D eigenvalue weighted by Crippen LogP contribution is 2.40. The van der Waals surface area contributed by atoms with Crippen molar-refractivity contribution in [3.05, 3.63) is 77.3 Å². The summed E-state index contributed by atoms with van der Waals surface area (Å²) in [5.41, 5.74) is 8.48. The van der Waals surface area contributed by atoms with Crippen LogP contribution >= 0.6 is 31.2 Å². The molecule has 3 rings (SSSR count). The molecule has 0 radical (unpaired) electrons. The van der Waals surface area contributed by atoms with Gasteiger partial charge in [-0.15, -0.1) is 0 Å². The van der Waals surface area contributed by atoms with Gasteiger partial charge in [-0.3, -0.25) is 4.52 Å². The summed E-state index contributed by atoms with van der Waals surface area (Å²) in [5, 5.41) is 10.9. The molecule has 0 heterocycles. The van der Waals surface area contributed by atoms with E-state index in [0.29, 0.717) is 24.3 Å². The van der Waals surface area contributed by atoms with Crippen molar-refractivity contribution in [3.8, 4) is 16.9 Å². The van der Waals surface area contributed by atoms with Crippen molar-refractivity contribution < 1.29 is 24.0 Å². The zero-order chi connectivity index (χ0) is 24.8. The standard InChI is InChI=1S/C25H29ClNO5PS/c1-2-13-25(27,17-32-33(29,30)31)14-12-19-8-10-21(16-22(19)26)34-24-15-20(9-11-23(24)28)18-6-4-3-5-7-18/h3-11,15-16,28H,2,12-14,17,27H2,1H3,(H2,29,30,31). The number of hydrogen-bond donors (Lipinski definition) is 4. The molecular formula is C25H29ClNO5PS. The second-order valence-corrected chi connectivity index (χ2v) is 11.0. The van der Waals surface area contributed by atoms with Crippen LogP contribution in [0, 0.1) is 0 Å². The van der Waals surface area contributed by atoms with E-state index >= 15 is 0 Å². The van der Waals surface area contributed by atoms with Gasteiger partial charge >= 0.3 is 7.82 Å². The predicted molar refractivity (Wildman–Crippen MR) is 137 cm³/mol. The third-order valence-electron chi connectivity index (χ3n) is 5.48. The summed E-state index contributed by atoms with van der Waals surface area (Å²) in [6.45, 7) is 1.73. The summed E-state index contributed by atoms with van der Waals surface area (Å²) in [6.07, 6.45) is 2.33. The lowest BCUT2D eigenvalue weighted by Crippen LogP contribution is -2.44. The molecule has 0 aliphatic carbocycles. The first-order valence-corrected chi connectivity index (χ1v) is 13.6. The molecule has 3 aromatic rings. The zero-order valence-corrected chi connectivity index (χ0v) is 21.3. The van der Waals surface area contributed by atoms with Crippen LogP contribution in [0.25, 0.3) is 11.1 Å². The number of rotatable bonds is 11. The minimum atomic E-state index is -4.59. The normalized spacial score (nSPS) is 13.6. The van der Waals surface area contributed by atoms with Crippen LogP contribution in [-0.2, 0) is 15.5 Å². The van der Waals surface area contributed by atoms with Gasteiger partial charge in [0, 0.05) is 15.5 Å². The second-order valence-electron chi connectivity index (χ2n) is 8.28. The maximum absolute atomic E-state index is 11.1. The van der Waals surface area contributed by atoms with Gasteiger partial charge in [-0.25, -0.2) is 4.57 Å². The van der Waals surface area contributed by atoms with Crippen LogP contribution in [0.4, 0.5) is 0 Å². The number of hydrogen-bond acceptors (Lipinski definition) is 5. The summed E-state index contributed by atoms with van der Waals surface area (Å²) < 4.78 is 15.8. The molecule has 3 aromatic carbocycles. The molecule has 0 spiro atoms. The first kappa shape index (κ1) is 26.8. The Morgan fingerprint density at radius 2 is 1.76 bits per heavy atom. The summed E-state index contributed by atoms with van der Waals surface area (Å²) in [4.78, 5) is 19.7. The van der Waals surface area contributed by atoms with E-state index in [-0.39, 0.29) is 12.4 Å². The molecule has 0 bridgehead atoms. The van der Waals surface area contributed by atoms with Gasteiger partial charge in [0.05, 0.1) is 11.5 Å². The minimum Gasteiger partial charge on any atom is -0.507 e. The molecule has 6 nitrogen and oxygen atoms in total. The summed E-state index contributed by atoms with van der Waals surface area (Å²) in [7, 11) is -4.59. The smallest absolute Gasteiger partial charge is 0.469 e. The number of phosphoric acid groups is 1. The number of aromatic hydroxyl groups is 1. The molecular weight excluding hydrogens is 493 g/mol. The Morgan fingerprint density at radius 3 is 2.41 bits per heavy atom. The molecule has 0 aliphatic heterocycles. The summed E-state index contributed by atoms with van der Waals surface area (Å²) >= 11 is 7.97. The molecule has 0 saturated heterocycles. The zero-order valence-electron chi connectivity index (χ0n) is 18.9. The molecule has 0 aromatic heterocycles. The average Bonchev–Trinajstić information content (AvgIpc) is 2.79. The quantitative estimate of drug-likeness (QED) is 0.216. The van der Waals surface area contributed by atoms with Crippen molar-refractivity contribution in [2.24, 2.45) is 5.73 Å². The number of benzene rings is 3. The van der Waals surface area contributed by atoms with Gasteiger partial charge < -0.3 is 20.6 Å². The van der Waals surface area contributed by atoms with Crippen LogP contribution in [0.3, 0.4) is 0 Å². The first-order chi connectivity index (χ1) is 16.1. The number of phenolic OH excluding ortho intramolecular Hbond substituents is 1. The van der Waals surface area contributed by atoms with E-state index < -0.39 is 13.4 Å². The van der Waals surface area contributed by atoms with Crippen molar-refractivity contribution in [3.63, 3.8) is 0 Å². The van der Waals surface area contributed by atoms with Crippen LogP contribution in [-0.4, -0.2) is 27.0 Å². The Morgan fingerprint density at radius 1 is 1.03 bits per heavy atom. The summed E-state index contributed by atoms with van der Waals surface area (Å²) in [5.74, 6) is 0.197. The highest BCUT2D eigenvalue weighted by Gasteiger charge is 2.28. The predicted octanol–water partition coefficient (Wildman–Crippen LogP) is 6.40. The lowest BCUT2D eigenvalue weighted by molar-refractivity contribution is 0.141. The number of aryl methyl sites for hydroxylation is 1. The van der Waals surface area contributed by atoms with Gasteiger partial charge in [-0.05, 0) is 60.2 Å². The largest absolute Gasteiger partial charge is 0.507 e. The lowest BCUT2D eigenvalue weighted by atomic mass is 9.89.